The number of nitrogens with one attached hydrogen (secondary N) is 1. The molecule has 1 aliphatic rings. The third-order valence-corrected chi connectivity index (χ3v) is 8.02. The molecule has 1 saturated carbocycles. The summed E-state index contributed by atoms with van der Waals surface area (Å²) >= 11 is 0. The molecule has 0 heterocycles. The average molecular weight is 561 g/mol. The van der Waals surface area contributed by atoms with Crippen molar-refractivity contribution in [3.8, 4) is 5.75 Å². The third-order valence-electron chi connectivity index (χ3n) is 6.89. The Bertz CT molecular complexity index is 1260. The number of hydrogen-bond acceptors (Lipinski definition) is 7. The summed E-state index contributed by atoms with van der Waals surface area (Å²) in [4.78, 5) is 39.3. The number of non-ortho nitro benzene ring substituents is 1. The van der Waals surface area contributed by atoms with E-state index in [-0.39, 0.29) is 35.6 Å². The van der Waals surface area contributed by atoms with Crippen LogP contribution in [0.3, 0.4) is 0 Å². The quantitative estimate of drug-likeness (QED) is 0.293. The van der Waals surface area contributed by atoms with Gasteiger partial charge in [-0.1, -0.05) is 50.1 Å². The number of sulfonamides is 1. The van der Waals surface area contributed by atoms with Crippen molar-refractivity contribution in [3.63, 3.8) is 0 Å². The standard InChI is InChI=1S/C27H36N4O7S/c1-4-23(27(33)28-21-12-8-9-13-21)29(17-16-20-10-6-5-7-11-20)26(32)19-30(39(3,36)37)24-18-22(31(34)35)14-15-25(24)38-2/h5-7,10-11,14-15,18,21,23H,4,8-9,12-13,16-17,19H2,1-3H3,(H,28,33). The van der Waals surface area contributed by atoms with Gasteiger partial charge in [0.15, 0.2) is 0 Å². The molecule has 212 valence electrons. The van der Waals surface area contributed by atoms with Gasteiger partial charge in [0.25, 0.3) is 5.69 Å². The maximum atomic E-state index is 13.8. The highest BCUT2D eigenvalue weighted by Crippen LogP contribution is 2.34. The molecule has 2 aromatic carbocycles. The number of hydrogen-bond donors (Lipinski definition) is 1. The predicted molar refractivity (Wildman–Crippen MR) is 148 cm³/mol. The van der Waals surface area contributed by atoms with Crippen LogP contribution in [0.25, 0.3) is 0 Å². The van der Waals surface area contributed by atoms with Crippen molar-refractivity contribution in [1.82, 2.24) is 10.2 Å². The number of methoxy groups -OCH3 is 1. The van der Waals surface area contributed by atoms with Gasteiger partial charge in [-0.15, -0.1) is 0 Å². The lowest BCUT2D eigenvalue weighted by molar-refractivity contribution is -0.384. The maximum Gasteiger partial charge on any atom is 0.271 e. The Balaban J connectivity index is 1.95. The van der Waals surface area contributed by atoms with Crippen LogP contribution in [0.2, 0.25) is 0 Å². The molecule has 1 N–H and O–H groups in total. The fraction of sp³-hybridized carbons (Fsp3) is 0.481. The van der Waals surface area contributed by atoms with Gasteiger partial charge in [-0.05, 0) is 37.3 Å². The predicted octanol–water partition coefficient (Wildman–Crippen LogP) is 3.28. The van der Waals surface area contributed by atoms with Crippen LogP contribution in [0, 0.1) is 10.1 Å². The lowest BCUT2D eigenvalue weighted by Crippen LogP contribution is -2.54. The van der Waals surface area contributed by atoms with Gasteiger partial charge in [0, 0.05) is 24.7 Å². The Hall–Kier alpha value is -3.67. The fourth-order valence-corrected chi connectivity index (χ4v) is 5.69. The first kappa shape index (κ1) is 29.9. The Morgan fingerprint density at radius 3 is 2.38 bits per heavy atom. The van der Waals surface area contributed by atoms with Crippen LogP contribution < -0.4 is 14.4 Å². The summed E-state index contributed by atoms with van der Waals surface area (Å²) in [5.74, 6) is -0.816. The summed E-state index contributed by atoms with van der Waals surface area (Å²) in [6.45, 7) is 1.33. The number of nitro groups is 1. The lowest BCUT2D eigenvalue weighted by atomic mass is 10.1. The normalized spacial score (nSPS) is 14.4. The van der Waals surface area contributed by atoms with Crippen molar-refractivity contribution < 1.29 is 27.7 Å². The second kappa shape index (κ2) is 13.4. The first-order valence-corrected chi connectivity index (χ1v) is 14.8. The number of carbonyl (C=O) groups is 2. The highest BCUT2D eigenvalue weighted by Gasteiger charge is 2.34. The number of nitrogens with zero attached hydrogens (tertiary/aromatic N) is 3. The molecule has 0 spiro atoms. The van der Waals surface area contributed by atoms with Gasteiger partial charge in [0.2, 0.25) is 21.8 Å². The number of amides is 2. The van der Waals surface area contributed by atoms with E-state index in [4.69, 9.17) is 4.74 Å². The minimum Gasteiger partial charge on any atom is -0.495 e. The van der Waals surface area contributed by atoms with Gasteiger partial charge in [-0.2, -0.15) is 0 Å². The number of rotatable bonds is 13. The second-order valence-electron chi connectivity index (χ2n) is 9.62. The molecule has 1 aliphatic carbocycles. The minimum absolute atomic E-state index is 0.0549. The van der Waals surface area contributed by atoms with E-state index in [1.165, 1.54) is 24.1 Å². The van der Waals surface area contributed by atoms with Crippen molar-refractivity contribution in [2.75, 3.05) is 30.8 Å². The topological polar surface area (TPSA) is 139 Å². The molecule has 0 aliphatic heterocycles. The number of benzene rings is 2. The molecular formula is C27H36N4O7S. The molecule has 1 fully saturated rings. The zero-order valence-electron chi connectivity index (χ0n) is 22.5. The summed E-state index contributed by atoms with van der Waals surface area (Å²) in [7, 11) is -2.77. The highest BCUT2D eigenvalue weighted by molar-refractivity contribution is 7.92. The van der Waals surface area contributed by atoms with E-state index in [0.29, 0.717) is 12.8 Å². The molecule has 0 saturated heterocycles. The maximum absolute atomic E-state index is 13.8. The van der Waals surface area contributed by atoms with Gasteiger partial charge < -0.3 is 15.0 Å². The van der Waals surface area contributed by atoms with Crippen molar-refractivity contribution in [1.29, 1.82) is 0 Å². The lowest BCUT2D eigenvalue weighted by Gasteiger charge is -2.33. The number of nitro benzene ring substituents is 1. The van der Waals surface area contributed by atoms with Crippen LogP contribution in [-0.2, 0) is 26.0 Å². The van der Waals surface area contributed by atoms with Crippen molar-refractivity contribution in [2.24, 2.45) is 0 Å². The fourth-order valence-electron chi connectivity index (χ4n) is 4.85. The van der Waals surface area contributed by atoms with Gasteiger partial charge in [-0.25, -0.2) is 8.42 Å². The molecular weight excluding hydrogens is 524 g/mol. The number of carbonyl (C=O) groups excluding carboxylic acids is 2. The molecule has 0 radical (unpaired) electrons. The monoisotopic (exact) mass is 560 g/mol. The van der Waals surface area contributed by atoms with Crippen LogP contribution in [0.5, 0.6) is 5.75 Å². The third kappa shape index (κ3) is 7.92. The van der Waals surface area contributed by atoms with Gasteiger partial charge >= 0.3 is 0 Å². The highest BCUT2D eigenvalue weighted by atomic mass is 32.2. The van der Waals surface area contributed by atoms with Crippen LogP contribution in [0.15, 0.2) is 48.5 Å². The Morgan fingerprint density at radius 1 is 1.15 bits per heavy atom. The van der Waals surface area contributed by atoms with E-state index < -0.39 is 33.4 Å². The van der Waals surface area contributed by atoms with Crippen molar-refractivity contribution in [3.05, 3.63) is 64.2 Å². The van der Waals surface area contributed by atoms with Crippen molar-refractivity contribution in [2.45, 2.75) is 57.5 Å². The average Bonchev–Trinajstić information content (AvgIpc) is 3.42. The first-order valence-electron chi connectivity index (χ1n) is 13.0. The smallest absolute Gasteiger partial charge is 0.271 e. The van der Waals surface area contributed by atoms with Crippen LogP contribution in [-0.4, -0.2) is 68.6 Å². The SMILES string of the molecule is CCC(C(=O)NC1CCCC1)N(CCc1ccccc1)C(=O)CN(c1cc([N+](=O)[O-])ccc1OC)S(C)(=O)=O. The summed E-state index contributed by atoms with van der Waals surface area (Å²) in [6, 6.07) is 12.3. The molecule has 1 unspecified atom stereocenters. The zero-order valence-corrected chi connectivity index (χ0v) is 23.4. The van der Waals surface area contributed by atoms with E-state index in [9.17, 15) is 28.1 Å². The Labute approximate surface area is 229 Å². The second-order valence-corrected chi connectivity index (χ2v) is 11.5. The van der Waals surface area contributed by atoms with E-state index in [2.05, 4.69) is 5.32 Å². The molecule has 2 amide bonds. The van der Waals surface area contributed by atoms with E-state index in [0.717, 1.165) is 47.9 Å². The summed E-state index contributed by atoms with van der Waals surface area (Å²) < 4.78 is 31.8. The van der Waals surface area contributed by atoms with Crippen LogP contribution >= 0.6 is 0 Å². The molecule has 3 rings (SSSR count). The number of anilines is 1. The van der Waals surface area contributed by atoms with E-state index in [1.807, 2.05) is 30.3 Å². The molecule has 0 bridgehead atoms. The van der Waals surface area contributed by atoms with Gasteiger partial charge in [0.1, 0.15) is 24.0 Å². The zero-order chi connectivity index (χ0) is 28.6. The Kier molecular flexibility index (Phi) is 10.3. The van der Waals surface area contributed by atoms with E-state index in [1.54, 1.807) is 6.92 Å². The van der Waals surface area contributed by atoms with Crippen molar-refractivity contribution >= 4 is 33.2 Å². The molecule has 11 nitrogen and oxygen atoms in total. The summed E-state index contributed by atoms with van der Waals surface area (Å²) in [5.41, 5.74) is 0.478. The molecule has 2 aromatic rings. The van der Waals surface area contributed by atoms with Crippen LogP contribution in [0.1, 0.15) is 44.6 Å². The van der Waals surface area contributed by atoms with Crippen LogP contribution in [0.4, 0.5) is 11.4 Å². The molecule has 0 aromatic heterocycles. The molecule has 12 heteroatoms. The largest absolute Gasteiger partial charge is 0.495 e. The molecule has 39 heavy (non-hydrogen) atoms. The summed E-state index contributed by atoms with van der Waals surface area (Å²) in [6.07, 6.45) is 5.54. The summed E-state index contributed by atoms with van der Waals surface area (Å²) in [5, 5.41) is 14.5. The number of ether oxygens (including phenoxy) is 1. The van der Waals surface area contributed by atoms with Gasteiger partial charge in [-0.3, -0.25) is 24.0 Å². The first-order chi connectivity index (χ1) is 18.5. The van der Waals surface area contributed by atoms with Gasteiger partial charge in [0.05, 0.1) is 18.3 Å². The molecule has 1 atom stereocenters. The minimum atomic E-state index is -4.08. The van der Waals surface area contributed by atoms with E-state index >= 15 is 0 Å². The Morgan fingerprint density at radius 2 is 1.82 bits per heavy atom.